The van der Waals surface area contributed by atoms with Crippen molar-refractivity contribution in [1.82, 2.24) is 29.4 Å². The molecule has 0 saturated heterocycles. The van der Waals surface area contributed by atoms with Crippen LogP contribution in [0.3, 0.4) is 0 Å². The largest absolute Gasteiger partial charge is 0.247 e. The average Bonchev–Trinajstić information content (AvgIpc) is 3.24. The van der Waals surface area contributed by atoms with Gasteiger partial charge in [-0.25, -0.2) is 14.6 Å². The van der Waals surface area contributed by atoms with Crippen LogP contribution in [0, 0.1) is 0 Å². The van der Waals surface area contributed by atoms with E-state index in [0.717, 1.165) is 59.7 Å². The lowest BCUT2D eigenvalue weighted by atomic mass is 10.2. The zero-order valence-electron chi connectivity index (χ0n) is 14.0. The van der Waals surface area contributed by atoms with Gasteiger partial charge in [-0.3, -0.25) is 0 Å². The van der Waals surface area contributed by atoms with E-state index in [-0.39, 0.29) is 0 Å². The van der Waals surface area contributed by atoms with Gasteiger partial charge in [0.1, 0.15) is 5.82 Å². The van der Waals surface area contributed by atoms with Crippen LogP contribution in [0.1, 0.15) is 32.5 Å². The van der Waals surface area contributed by atoms with Crippen molar-refractivity contribution < 1.29 is 0 Å². The summed E-state index contributed by atoms with van der Waals surface area (Å²) in [7, 11) is 0. The standard InChI is InChI=1S/C18H20N6/c1-3-5-11-15-20-17-14(12-19-23(17)4-2)18-21-16(22-24(15)18)13-9-7-6-8-10-13/h6-10,12H,3-5,11H2,1-2H3. The molecule has 122 valence electrons. The predicted molar refractivity (Wildman–Crippen MR) is 93.8 cm³/mol. The Bertz CT molecular complexity index is 983. The second-order valence-corrected chi connectivity index (χ2v) is 5.87. The van der Waals surface area contributed by atoms with Crippen molar-refractivity contribution in [2.45, 2.75) is 39.7 Å². The molecule has 3 heterocycles. The number of aromatic nitrogens is 6. The molecule has 4 rings (SSSR count). The molecular weight excluding hydrogens is 300 g/mol. The lowest BCUT2D eigenvalue weighted by molar-refractivity contribution is 0.666. The molecule has 0 radical (unpaired) electrons. The fraction of sp³-hybridized carbons (Fsp3) is 0.333. The SMILES string of the molecule is CCCCc1nc2c(cnn2CC)c2nc(-c3ccccc3)nn12. The van der Waals surface area contributed by atoms with E-state index in [1.807, 2.05) is 45.7 Å². The summed E-state index contributed by atoms with van der Waals surface area (Å²) in [4.78, 5) is 9.63. The molecule has 0 spiro atoms. The van der Waals surface area contributed by atoms with Crippen molar-refractivity contribution in [3.63, 3.8) is 0 Å². The van der Waals surface area contributed by atoms with Crippen molar-refractivity contribution in [2.75, 3.05) is 0 Å². The van der Waals surface area contributed by atoms with Gasteiger partial charge in [0.05, 0.1) is 11.6 Å². The van der Waals surface area contributed by atoms with E-state index in [2.05, 4.69) is 18.9 Å². The summed E-state index contributed by atoms with van der Waals surface area (Å²) in [5.74, 6) is 1.68. The number of rotatable bonds is 5. The molecule has 0 unspecified atom stereocenters. The Balaban J connectivity index is 1.98. The van der Waals surface area contributed by atoms with Crippen LogP contribution in [-0.4, -0.2) is 29.4 Å². The first kappa shape index (κ1) is 14.8. The maximum atomic E-state index is 4.84. The topological polar surface area (TPSA) is 60.9 Å². The molecule has 4 aromatic rings. The monoisotopic (exact) mass is 320 g/mol. The molecule has 1 aromatic carbocycles. The van der Waals surface area contributed by atoms with Crippen molar-refractivity contribution in [2.24, 2.45) is 0 Å². The van der Waals surface area contributed by atoms with Gasteiger partial charge in [0.25, 0.3) is 0 Å². The van der Waals surface area contributed by atoms with Crippen LogP contribution in [0.15, 0.2) is 36.5 Å². The highest BCUT2D eigenvalue weighted by molar-refractivity contribution is 5.89. The molecule has 3 aromatic heterocycles. The van der Waals surface area contributed by atoms with Crippen molar-refractivity contribution in [3.05, 3.63) is 42.4 Å². The summed E-state index contributed by atoms with van der Waals surface area (Å²) >= 11 is 0. The van der Waals surface area contributed by atoms with Crippen molar-refractivity contribution in [1.29, 1.82) is 0 Å². The molecule has 6 heteroatoms. The Hall–Kier alpha value is -2.76. The third-order valence-electron chi connectivity index (χ3n) is 4.22. The maximum absolute atomic E-state index is 4.84. The van der Waals surface area contributed by atoms with Gasteiger partial charge in [-0.2, -0.15) is 9.61 Å². The number of hydrogen-bond donors (Lipinski definition) is 0. The zero-order valence-corrected chi connectivity index (χ0v) is 14.0. The van der Waals surface area contributed by atoms with Gasteiger partial charge in [-0.1, -0.05) is 43.7 Å². The highest BCUT2D eigenvalue weighted by atomic mass is 15.4. The Morgan fingerprint density at radius 2 is 1.83 bits per heavy atom. The fourth-order valence-corrected chi connectivity index (χ4v) is 2.93. The Kier molecular flexibility index (Phi) is 3.72. The molecule has 0 aliphatic carbocycles. The van der Waals surface area contributed by atoms with Gasteiger partial charge in [-0.15, -0.1) is 5.10 Å². The average molecular weight is 320 g/mol. The first-order chi connectivity index (χ1) is 11.8. The van der Waals surface area contributed by atoms with Gasteiger partial charge < -0.3 is 0 Å². The van der Waals surface area contributed by atoms with Crippen LogP contribution >= 0.6 is 0 Å². The van der Waals surface area contributed by atoms with Gasteiger partial charge in [-0.05, 0) is 13.3 Å². The van der Waals surface area contributed by atoms with Gasteiger partial charge in [0, 0.05) is 18.5 Å². The van der Waals surface area contributed by atoms with E-state index in [4.69, 9.17) is 15.1 Å². The van der Waals surface area contributed by atoms with Gasteiger partial charge in [0.15, 0.2) is 17.1 Å². The van der Waals surface area contributed by atoms with Crippen LogP contribution in [0.25, 0.3) is 28.1 Å². The number of nitrogens with zero attached hydrogens (tertiary/aromatic N) is 6. The van der Waals surface area contributed by atoms with Crippen LogP contribution in [0.2, 0.25) is 0 Å². The highest BCUT2D eigenvalue weighted by Gasteiger charge is 2.16. The van der Waals surface area contributed by atoms with Crippen LogP contribution in [0.5, 0.6) is 0 Å². The third kappa shape index (κ3) is 2.35. The van der Waals surface area contributed by atoms with Crippen LogP contribution in [0.4, 0.5) is 0 Å². The molecule has 0 saturated carbocycles. The second-order valence-electron chi connectivity index (χ2n) is 5.87. The number of fused-ring (bicyclic) bond motifs is 3. The van der Waals surface area contributed by atoms with Crippen molar-refractivity contribution >= 4 is 16.7 Å². The summed E-state index contributed by atoms with van der Waals surface area (Å²) in [5, 5.41) is 10.1. The molecule has 0 bridgehead atoms. The number of aryl methyl sites for hydroxylation is 2. The van der Waals surface area contributed by atoms with Gasteiger partial charge >= 0.3 is 0 Å². The minimum absolute atomic E-state index is 0.729. The first-order valence-corrected chi connectivity index (χ1v) is 8.48. The molecule has 0 N–H and O–H groups in total. The summed E-state index contributed by atoms with van der Waals surface area (Å²) < 4.78 is 3.81. The first-order valence-electron chi connectivity index (χ1n) is 8.48. The number of unbranched alkanes of at least 4 members (excludes halogenated alkanes) is 1. The molecule has 0 fully saturated rings. The molecule has 0 aliphatic heterocycles. The maximum Gasteiger partial charge on any atom is 0.182 e. The van der Waals surface area contributed by atoms with E-state index < -0.39 is 0 Å². The Morgan fingerprint density at radius 1 is 1.00 bits per heavy atom. The minimum Gasteiger partial charge on any atom is -0.247 e. The van der Waals surface area contributed by atoms with E-state index in [1.165, 1.54) is 0 Å². The highest BCUT2D eigenvalue weighted by Crippen LogP contribution is 2.23. The summed E-state index contributed by atoms with van der Waals surface area (Å²) in [5.41, 5.74) is 2.74. The predicted octanol–water partition coefficient (Wildman–Crippen LogP) is 3.50. The van der Waals surface area contributed by atoms with Crippen LogP contribution in [-0.2, 0) is 13.0 Å². The summed E-state index contributed by atoms with van der Waals surface area (Å²) in [6.45, 7) is 5.05. The molecular formula is C18H20N6. The summed E-state index contributed by atoms with van der Waals surface area (Å²) in [6, 6.07) is 10.1. The normalized spacial score (nSPS) is 11.6. The lowest BCUT2D eigenvalue weighted by Gasteiger charge is -2.04. The van der Waals surface area contributed by atoms with E-state index >= 15 is 0 Å². The minimum atomic E-state index is 0.729. The fourth-order valence-electron chi connectivity index (χ4n) is 2.93. The smallest absolute Gasteiger partial charge is 0.182 e. The molecule has 0 amide bonds. The molecule has 24 heavy (non-hydrogen) atoms. The second kappa shape index (κ2) is 6.03. The molecule has 0 aliphatic rings. The van der Waals surface area contributed by atoms with Crippen LogP contribution < -0.4 is 0 Å². The quantitative estimate of drug-likeness (QED) is 0.564. The number of benzene rings is 1. The van der Waals surface area contributed by atoms with Crippen molar-refractivity contribution in [3.8, 4) is 11.4 Å². The van der Waals surface area contributed by atoms with E-state index in [1.54, 1.807) is 0 Å². The van der Waals surface area contributed by atoms with E-state index in [0.29, 0.717) is 0 Å². The van der Waals surface area contributed by atoms with E-state index in [9.17, 15) is 0 Å². The summed E-state index contributed by atoms with van der Waals surface area (Å²) in [6.07, 6.45) is 4.92. The molecule has 6 nitrogen and oxygen atoms in total. The Labute approximate surface area is 140 Å². The number of hydrogen-bond acceptors (Lipinski definition) is 4. The zero-order chi connectivity index (χ0) is 16.5. The lowest BCUT2D eigenvalue weighted by Crippen LogP contribution is -2.06. The Morgan fingerprint density at radius 3 is 2.58 bits per heavy atom. The van der Waals surface area contributed by atoms with Gasteiger partial charge in [0.2, 0.25) is 0 Å². The third-order valence-corrected chi connectivity index (χ3v) is 4.22. The molecule has 0 atom stereocenters.